The van der Waals surface area contributed by atoms with Gasteiger partial charge in [-0.15, -0.1) is 0 Å². The second-order valence-corrected chi connectivity index (χ2v) is 5.34. The lowest BCUT2D eigenvalue weighted by Gasteiger charge is -2.43. The maximum atomic E-state index is 12.3. The average Bonchev–Trinajstić information content (AvgIpc) is 2.61. The van der Waals surface area contributed by atoms with Gasteiger partial charge in [0.15, 0.2) is 0 Å². The van der Waals surface area contributed by atoms with Crippen LogP contribution in [0.2, 0.25) is 0 Å². The van der Waals surface area contributed by atoms with Crippen LogP contribution in [0.5, 0.6) is 5.75 Å². The van der Waals surface area contributed by atoms with E-state index in [1.54, 1.807) is 11.1 Å². The minimum atomic E-state index is -0.478. The minimum absolute atomic E-state index is 0.0188. The summed E-state index contributed by atoms with van der Waals surface area (Å²) < 4.78 is 5.86. The standard InChI is InChI=1S/C20H19NO2/c1-2-15-21-18(14-13-16-9-5-3-6-10-16)19(20(21)22)23-17-11-7-4-8-12-17/h2-15,18-19H,1H3/b14-13+,15-2+/t18-,19+/m0/s1. The summed E-state index contributed by atoms with van der Waals surface area (Å²) in [5.74, 6) is 0.693. The zero-order valence-electron chi connectivity index (χ0n) is 13.0. The van der Waals surface area contributed by atoms with Crippen LogP contribution >= 0.6 is 0 Å². The second-order valence-electron chi connectivity index (χ2n) is 5.34. The Hall–Kier alpha value is -2.81. The van der Waals surface area contributed by atoms with E-state index in [4.69, 9.17) is 4.74 Å². The molecule has 2 aromatic rings. The molecule has 0 unspecified atom stereocenters. The molecule has 0 saturated carbocycles. The van der Waals surface area contributed by atoms with Crippen LogP contribution < -0.4 is 4.74 Å². The van der Waals surface area contributed by atoms with Gasteiger partial charge in [0.05, 0.1) is 0 Å². The van der Waals surface area contributed by atoms with Gasteiger partial charge in [-0.25, -0.2) is 0 Å². The van der Waals surface area contributed by atoms with Gasteiger partial charge in [0.1, 0.15) is 11.8 Å². The van der Waals surface area contributed by atoms with Crippen molar-refractivity contribution >= 4 is 12.0 Å². The van der Waals surface area contributed by atoms with Crippen molar-refractivity contribution in [3.8, 4) is 5.75 Å². The number of rotatable bonds is 5. The van der Waals surface area contributed by atoms with E-state index < -0.39 is 6.10 Å². The predicted octanol–water partition coefficient (Wildman–Crippen LogP) is 3.89. The Balaban J connectivity index is 1.77. The molecule has 1 fully saturated rings. The predicted molar refractivity (Wildman–Crippen MR) is 91.8 cm³/mol. The van der Waals surface area contributed by atoms with Gasteiger partial charge in [-0.05, 0) is 24.6 Å². The van der Waals surface area contributed by atoms with Crippen LogP contribution in [0.4, 0.5) is 0 Å². The average molecular weight is 305 g/mol. The minimum Gasteiger partial charge on any atom is -0.478 e. The first-order valence-electron chi connectivity index (χ1n) is 7.69. The molecular formula is C20H19NO2. The van der Waals surface area contributed by atoms with Crippen molar-refractivity contribution in [3.63, 3.8) is 0 Å². The maximum absolute atomic E-state index is 12.3. The molecule has 3 nitrogen and oxygen atoms in total. The molecule has 0 spiro atoms. The van der Waals surface area contributed by atoms with Crippen molar-refractivity contribution in [2.45, 2.75) is 19.1 Å². The number of β-lactam (4-membered cyclic amide) rings is 1. The fourth-order valence-corrected chi connectivity index (χ4v) is 2.57. The largest absolute Gasteiger partial charge is 0.478 e. The number of benzene rings is 2. The van der Waals surface area contributed by atoms with E-state index in [1.165, 1.54) is 0 Å². The van der Waals surface area contributed by atoms with Crippen molar-refractivity contribution in [2.75, 3.05) is 0 Å². The number of likely N-dealkylation sites (tertiary alicyclic amines) is 1. The monoisotopic (exact) mass is 305 g/mol. The number of carbonyl (C=O) groups excluding carboxylic acids is 1. The summed E-state index contributed by atoms with van der Waals surface area (Å²) in [4.78, 5) is 14.0. The number of hydrogen-bond acceptors (Lipinski definition) is 2. The highest BCUT2D eigenvalue weighted by Gasteiger charge is 2.46. The Kier molecular flexibility index (Phi) is 4.57. The highest BCUT2D eigenvalue weighted by Crippen LogP contribution is 2.27. The fourth-order valence-electron chi connectivity index (χ4n) is 2.57. The molecule has 0 aliphatic carbocycles. The molecule has 1 aliphatic heterocycles. The Morgan fingerprint density at radius 3 is 2.30 bits per heavy atom. The number of hydrogen-bond donors (Lipinski definition) is 0. The summed E-state index contributed by atoms with van der Waals surface area (Å²) in [6.07, 6.45) is 7.22. The lowest BCUT2D eigenvalue weighted by atomic mass is 9.97. The van der Waals surface area contributed by atoms with Gasteiger partial charge in [-0.3, -0.25) is 4.79 Å². The summed E-state index contributed by atoms with van der Waals surface area (Å²) in [6.45, 7) is 1.90. The quantitative estimate of drug-likeness (QED) is 0.784. The van der Waals surface area contributed by atoms with Crippen molar-refractivity contribution in [1.29, 1.82) is 0 Å². The Labute approximate surface area is 136 Å². The van der Waals surface area contributed by atoms with Crippen LogP contribution in [-0.2, 0) is 4.79 Å². The van der Waals surface area contributed by atoms with Gasteiger partial charge < -0.3 is 9.64 Å². The van der Waals surface area contributed by atoms with E-state index in [9.17, 15) is 4.79 Å². The fraction of sp³-hybridized carbons (Fsp3) is 0.150. The number of ether oxygens (including phenoxy) is 1. The Morgan fingerprint density at radius 2 is 1.65 bits per heavy atom. The van der Waals surface area contributed by atoms with Crippen molar-refractivity contribution < 1.29 is 9.53 Å². The highest BCUT2D eigenvalue weighted by atomic mass is 16.5. The van der Waals surface area contributed by atoms with Gasteiger partial charge in [-0.2, -0.15) is 0 Å². The third-order valence-electron chi connectivity index (χ3n) is 3.73. The van der Waals surface area contributed by atoms with Crippen LogP contribution in [0.1, 0.15) is 12.5 Å². The first-order valence-corrected chi connectivity index (χ1v) is 7.69. The van der Waals surface area contributed by atoms with Crippen LogP contribution in [0.25, 0.3) is 6.08 Å². The first kappa shape index (κ1) is 15.1. The van der Waals surface area contributed by atoms with E-state index in [0.717, 1.165) is 5.56 Å². The van der Waals surface area contributed by atoms with E-state index in [-0.39, 0.29) is 11.9 Å². The second kappa shape index (κ2) is 6.97. The van der Waals surface area contributed by atoms with Gasteiger partial charge in [0.25, 0.3) is 5.91 Å². The SMILES string of the molecule is C/C=C/N1C(=O)[C@H](Oc2ccccc2)[C@@H]1/C=C/c1ccccc1. The molecule has 1 aliphatic rings. The summed E-state index contributed by atoms with van der Waals surface area (Å²) >= 11 is 0. The molecule has 3 rings (SSSR count). The number of nitrogens with zero attached hydrogens (tertiary/aromatic N) is 1. The summed E-state index contributed by atoms with van der Waals surface area (Å²) in [5, 5.41) is 0. The van der Waals surface area contributed by atoms with Crippen LogP contribution in [0.15, 0.2) is 79.0 Å². The Bertz CT molecular complexity index is 707. The van der Waals surface area contributed by atoms with Crippen LogP contribution in [0.3, 0.4) is 0 Å². The molecule has 0 radical (unpaired) electrons. The van der Waals surface area contributed by atoms with Crippen molar-refractivity contribution in [3.05, 3.63) is 84.6 Å². The van der Waals surface area contributed by atoms with Gasteiger partial charge >= 0.3 is 0 Å². The zero-order valence-corrected chi connectivity index (χ0v) is 13.0. The number of amides is 1. The zero-order chi connectivity index (χ0) is 16.1. The molecule has 2 aromatic carbocycles. The lowest BCUT2D eigenvalue weighted by molar-refractivity contribution is -0.153. The molecule has 23 heavy (non-hydrogen) atoms. The number of para-hydroxylation sites is 1. The van der Waals surface area contributed by atoms with Crippen LogP contribution in [0, 0.1) is 0 Å². The van der Waals surface area contributed by atoms with E-state index in [0.29, 0.717) is 5.75 Å². The molecule has 3 heteroatoms. The molecule has 1 heterocycles. The molecule has 0 bridgehead atoms. The van der Waals surface area contributed by atoms with Crippen molar-refractivity contribution in [1.82, 2.24) is 4.90 Å². The maximum Gasteiger partial charge on any atom is 0.270 e. The molecule has 116 valence electrons. The lowest BCUT2D eigenvalue weighted by Crippen LogP contribution is -2.63. The molecule has 1 saturated heterocycles. The van der Waals surface area contributed by atoms with Gasteiger partial charge in [0, 0.05) is 6.20 Å². The smallest absolute Gasteiger partial charge is 0.270 e. The third-order valence-corrected chi connectivity index (χ3v) is 3.73. The van der Waals surface area contributed by atoms with Crippen LogP contribution in [-0.4, -0.2) is 23.0 Å². The topological polar surface area (TPSA) is 29.5 Å². The van der Waals surface area contributed by atoms with E-state index in [1.807, 2.05) is 85.8 Å². The third kappa shape index (κ3) is 3.34. The number of carbonyl (C=O) groups is 1. The van der Waals surface area contributed by atoms with E-state index in [2.05, 4.69) is 0 Å². The molecule has 2 atom stereocenters. The summed E-state index contributed by atoms with van der Waals surface area (Å²) in [7, 11) is 0. The normalized spacial score (nSPS) is 20.9. The molecular weight excluding hydrogens is 286 g/mol. The Morgan fingerprint density at radius 1 is 1.00 bits per heavy atom. The molecule has 0 aromatic heterocycles. The summed E-state index contributed by atoms with van der Waals surface area (Å²) in [6, 6.07) is 19.4. The highest BCUT2D eigenvalue weighted by molar-refractivity contribution is 5.91. The number of allylic oxidation sites excluding steroid dienone is 1. The van der Waals surface area contributed by atoms with Gasteiger partial charge in [-0.1, -0.05) is 66.8 Å². The summed E-state index contributed by atoms with van der Waals surface area (Å²) in [5.41, 5.74) is 1.10. The van der Waals surface area contributed by atoms with E-state index >= 15 is 0 Å². The van der Waals surface area contributed by atoms with Gasteiger partial charge in [0.2, 0.25) is 6.10 Å². The van der Waals surface area contributed by atoms with Crippen molar-refractivity contribution in [2.24, 2.45) is 0 Å². The molecule has 0 N–H and O–H groups in total. The first-order chi connectivity index (χ1) is 11.3. The molecule has 1 amide bonds.